The summed E-state index contributed by atoms with van der Waals surface area (Å²) in [6.45, 7) is 2.36. The summed E-state index contributed by atoms with van der Waals surface area (Å²) in [6, 6.07) is 6.29. The summed E-state index contributed by atoms with van der Waals surface area (Å²) >= 11 is 1.51. The first-order valence-corrected chi connectivity index (χ1v) is 11.2. The Kier molecular flexibility index (Phi) is 4.54. The van der Waals surface area contributed by atoms with Crippen molar-refractivity contribution in [3.63, 3.8) is 0 Å². The van der Waals surface area contributed by atoms with E-state index >= 15 is 0 Å². The molecular weight excluding hydrogens is 447 g/mol. The number of carbonyl (C=O) groups is 1. The van der Waals surface area contributed by atoms with E-state index in [1.54, 1.807) is 17.2 Å². The summed E-state index contributed by atoms with van der Waals surface area (Å²) in [5.41, 5.74) is 0.493. The number of nitrogens with one attached hydrogen (secondary N) is 2. The van der Waals surface area contributed by atoms with Gasteiger partial charge in [-0.15, -0.1) is 10.2 Å². The molecule has 2 N–H and O–H groups in total. The molecule has 166 valence electrons. The highest BCUT2D eigenvalue weighted by Gasteiger charge is 2.25. The second-order valence-corrected chi connectivity index (χ2v) is 8.81. The molecule has 0 aliphatic carbocycles. The number of piperazine rings is 1. The Morgan fingerprint density at radius 1 is 1.12 bits per heavy atom. The van der Waals surface area contributed by atoms with E-state index in [0.717, 1.165) is 26.1 Å². The number of tetrazole rings is 1. The zero-order valence-electron chi connectivity index (χ0n) is 17.2. The Hall–Kier alpha value is -3.93. The summed E-state index contributed by atoms with van der Waals surface area (Å²) in [4.78, 5) is 36.6. The van der Waals surface area contributed by atoms with E-state index in [9.17, 15) is 14.0 Å². The van der Waals surface area contributed by atoms with Gasteiger partial charge in [0.15, 0.2) is 11.0 Å². The van der Waals surface area contributed by atoms with E-state index < -0.39 is 5.82 Å². The summed E-state index contributed by atoms with van der Waals surface area (Å²) in [5, 5.41) is 16.8. The maximum absolute atomic E-state index is 14.0. The number of H-pyrrole nitrogens is 2. The van der Waals surface area contributed by atoms with E-state index in [4.69, 9.17) is 4.98 Å². The molecule has 2 aromatic carbocycles. The fourth-order valence-electron chi connectivity index (χ4n) is 4.33. The summed E-state index contributed by atoms with van der Waals surface area (Å²) in [5.74, 6) is -0.0687. The average Bonchev–Trinajstić information content (AvgIpc) is 3.49. The van der Waals surface area contributed by atoms with Crippen LogP contribution in [-0.2, 0) is 11.2 Å². The van der Waals surface area contributed by atoms with Crippen LogP contribution in [0.5, 0.6) is 0 Å². The highest BCUT2D eigenvalue weighted by atomic mass is 32.1. The molecule has 0 unspecified atom stereocenters. The van der Waals surface area contributed by atoms with Gasteiger partial charge in [0.1, 0.15) is 5.82 Å². The van der Waals surface area contributed by atoms with Crippen molar-refractivity contribution in [3.8, 4) is 0 Å². The third-order valence-corrected chi connectivity index (χ3v) is 7.08. The number of thiazole rings is 1. The van der Waals surface area contributed by atoms with Crippen LogP contribution < -0.4 is 10.5 Å². The second-order valence-electron chi connectivity index (χ2n) is 7.83. The van der Waals surface area contributed by atoms with Crippen LogP contribution in [0.2, 0.25) is 0 Å². The average molecular weight is 464 g/mol. The first-order valence-electron chi connectivity index (χ1n) is 10.4. The summed E-state index contributed by atoms with van der Waals surface area (Å²) in [6.07, 6.45) is 1.71. The van der Waals surface area contributed by atoms with Gasteiger partial charge in [0, 0.05) is 48.5 Å². The molecule has 3 aromatic heterocycles. The number of aromatic nitrogens is 6. The lowest BCUT2D eigenvalue weighted by atomic mass is 10.0. The van der Waals surface area contributed by atoms with E-state index in [2.05, 4.69) is 30.5 Å². The van der Waals surface area contributed by atoms with Gasteiger partial charge >= 0.3 is 0 Å². The quantitative estimate of drug-likeness (QED) is 0.391. The van der Waals surface area contributed by atoms with Crippen molar-refractivity contribution in [2.24, 2.45) is 0 Å². The van der Waals surface area contributed by atoms with Crippen LogP contribution in [0.1, 0.15) is 5.82 Å². The van der Waals surface area contributed by atoms with Gasteiger partial charge in [0.25, 0.3) is 5.56 Å². The molecular formula is C21H17FN8O2S. The van der Waals surface area contributed by atoms with Crippen molar-refractivity contribution < 1.29 is 9.18 Å². The topological polar surface area (TPSA) is 124 Å². The van der Waals surface area contributed by atoms with Crippen molar-refractivity contribution in [3.05, 3.63) is 52.5 Å². The molecule has 0 spiro atoms. The maximum atomic E-state index is 14.0. The minimum Gasteiger partial charge on any atom is -0.345 e. The molecule has 4 heterocycles. The Morgan fingerprint density at radius 2 is 1.97 bits per heavy atom. The number of rotatable bonds is 3. The Bertz CT molecular complexity index is 1570. The van der Waals surface area contributed by atoms with Gasteiger partial charge < -0.3 is 14.8 Å². The van der Waals surface area contributed by atoms with Gasteiger partial charge in [0.05, 0.1) is 22.0 Å². The van der Waals surface area contributed by atoms with Crippen molar-refractivity contribution >= 4 is 54.1 Å². The van der Waals surface area contributed by atoms with Gasteiger partial charge in [-0.25, -0.2) is 9.37 Å². The number of aromatic amines is 2. The van der Waals surface area contributed by atoms with Gasteiger partial charge in [0.2, 0.25) is 5.91 Å². The number of amides is 1. The van der Waals surface area contributed by atoms with Crippen LogP contribution in [0.15, 0.2) is 35.3 Å². The van der Waals surface area contributed by atoms with Crippen molar-refractivity contribution in [2.45, 2.75) is 6.42 Å². The number of hydrogen-bond acceptors (Lipinski definition) is 8. The van der Waals surface area contributed by atoms with Gasteiger partial charge in [-0.05, 0) is 24.3 Å². The van der Waals surface area contributed by atoms with Crippen LogP contribution in [0.4, 0.5) is 9.52 Å². The predicted octanol–water partition coefficient (Wildman–Crippen LogP) is 1.83. The standard InChI is InChI=1S/C21H17FN8O2S/c22-11-1-2-12-14(9-11)17-13(3-4-23-20(17)32)19-18(12)24-21(33-19)30-7-5-29(6-8-30)16(31)10-15-25-27-28-26-15/h1-4,9H,5-8,10H2,(H,23,32)(H,25,26,27,28). The summed E-state index contributed by atoms with van der Waals surface area (Å²) in [7, 11) is 0. The number of halogens is 1. The monoisotopic (exact) mass is 464 g/mol. The molecule has 33 heavy (non-hydrogen) atoms. The maximum Gasteiger partial charge on any atom is 0.256 e. The predicted molar refractivity (Wildman–Crippen MR) is 122 cm³/mol. The van der Waals surface area contributed by atoms with Crippen LogP contribution in [0.25, 0.3) is 31.8 Å². The Labute approximate surface area is 189 Å². The van der Waals surface area contributed by atoms with Crippen LogP contribution in [-0.4, -0.2) is 67.6 Å². The van der Waals surface area contributed by atoms with Gasteiger partial charge in [-0.2, -0.15) is 5.21 Å². The number of benzene rings is 2. The van der Waals surface area contributed by atoms with E-state index in [0.29, 0.717) is 42.8 Å². The van der Waals surface area contributed by atoms with Crippen molar-refractivity contribution in [1.82, 2.24) is 35.5 Å². The molecule has 0 bridgehead atoms. The molecule has 1 saturated heterocycles. The summed E-state index contributed by atoms with van der Waals surface area (Å²) < 4.78 is 14.9. The third-order valence-electron chi connectivity index (χ3n) is 5.93. The number of nitrogens with zero attached hydrogens (tertiary/aromatic N) is 6. The normalized spacial score (nSPS) is 14.6. The second kappa shape index (κ2) is 7.59. The lowest BCUT2D eigenvalue weighted by Crippen LogP contribution is -2.49. The molecule has 6 rings (SSSR count). The van der Waals surface area contributed by atoms with Crippen LogP contribution in [0.3, 0.4) is 0 Å². The molecule has 0 saturated carbocycles. The van der Waals surface area contributed by atoms with Gasteiger partial charge in [-0.1, -0.05) is 16.6 Å². The van der Waals surface area contributed by atoms with Crippen LogP contribution in [0, 0.1) is 5.82 Å². The Morgan fingerprint density at radius 3 is 2.76 bits per heavy atom. The highest BCUT2D eigenvalue weighted by molar-refractivity contribution is 7.23. The third kappa shape index (κ3) is 3.30. The minimum atomic E-state index is -0.400. The van der Waals surface area contributed by atoms with Crippen LogP contribution >= 0.6 is 11.3 Å². The molecule has 0 radical (unpaired) electrons. The minimum absolute atomic E-state index is 0.0430. The molecule has 12 heteroatoms. The SMILES string of the molecule is O=C(Cc1nn[nH]n1)N1CCN(c2nc3c4ccc(F)cc4c4c(=O)[nH]ccc4c3s2)CC1. The smallest absolute Gasteiger partial charge is 0.256 e. The van der Waals surface area contributed by atoms with Crippen molar-refractivity contribution in [2.75, 3.05) is 31.1 Å². The largest absolute Gasteiger partial charge is 0.345 e. The fraction of sp³-hybridized carbons (Fsp3) is 0.238. The first kappa shape index (κ1) is 19.7. The van der Waals surface area contributed by atoms with E-state index in [1.807, 2.05) is 6.07 Å². The molecule has 10 nitrogen and oxygen atoms in total. The molecule has 1 aliphatic heterocycles. The zero-order valence-corrected chi connectivity index (χ0v) is 18.0. The number of anilines is 1. The number of carbonyl (C=O) groups excluding carboxylic acids is 1. The van der Waals surface area contributed by atoms with Gasteiger partial charge in [-0.3, -0.25) is 9.59 Å². The Balaban J connectivity index is 1.35. The lowest BCUT2D eigenvalue weighted by Gasteiger charge is -2.34. The molecule has 0 atom stereocenters. The molecule has 5 aromatic rings. The fourth-order valence-corrected chi connectivity index (χ4v) is 5.49. The number of hydrogen-bond donors (Lipinski definition) is 2. The molecule has 1 amide bonds. The highest BCUT2D eigenvalue weighted by Crippen LogP contribution is 2.39. The zero-order chi connectivity index (χ0) is 22.5. The number of pyridine rings is 1. The lowest BCUT2D eigenvalue weighted by molar-refractivity contribution is -0.130. The van der Waals surface area contributed by atoms with Crippen molar-refractivity contribution in [1.29, 1.82) is 0 Å². The first-order chi connectivity index (χ1) is 16.1. The van der Waals surface area contributed by atoms with E-state index in [-0.39, 0.29) is 17.9 Å². The number of fused-ring (bicyclic) bond motifs is 6. The molecule has 1 fully saturated rings. The van der Waals surface area contributed by atoms with E-state index in [1.165, 1.54) is 23.5 Å². The molecule has 1 aliphatic rings.